The van der Waals surface area contributed by atoms with Crippen molar-refractivity contribution in [3.8, 4) is 0 Å². The number of amides is 1. The predicted molar refractivity (Wildman–Crippen MR) is 83.5 cm³/mol. The number of guanidine groups is 1. The lowest BCUT2D eigenvalue weighted by molar-refractivity contribution is 0.0104. The van der Waals surface area contributed by atoms with E-state index < -0.39 is 5.60 Å². The Balaban J connectivity index is 1.89. The summed E-state index contributed by atoms with van der Waals surface area (Å²) >= 11 is 0. The number of rotatable bonds is 2. The van der Waals surface area contributed by atoms with E-state index in [0.29, 0.717) is 0 Å². The first-order chi connectivity index (χ1) is 9.96. The van der Waals surface area contributed by atoms with Gasteiger partial charge in [-0.15, -0.1) is 0 Å². The minimum Gasteiger partial charge on any atom is -0.444 e. The van der Waals surface area contributed by atoms with Crippen LogP contribution in [-0.2, 0) is 4.74 Å². The van der Waals surface area contributed by atoms with Crippen LogP contribution in [0.5, 0.6) is 0 Å². The number of hydrogen-bond donors (Lipinski definition) is 2. The molecular formula is C15H28N4O2. The van der Waals surface area contributed by atoms with Gasteiger partial charge in [-0.1, -0.05) is 0 Å². The van der Waals surface area contributed by atoms with E-state index in [1.54, 1.807) is 0 Å². The SMILES string of the molecule is CC(C)(C)OC(=O)N1CCCCC1CNC1=NCCCN1. The maximum absolute atomic E-state index is 12.3. The van der Waals surface area contributed by atoms with Gasteiger partial charge < -0.3 is 20.3 Å². The summed E-state index contributed by atoms with van der Waals surface area (Å²) in [5.41, 5.74) is -0.443. The average molecular weight is 296 g/mol. The van der Waals surface area contributed by atoms with Crippen molar-refractivity contribution < 1.29 is 9.53 Å². The maximum atomic E-state index is 12.3. The minimum absolute atomic E-state index is 0.181. The fraction of sp³-hybridized carbons (Fsp3) is 0.867. The van der Waals surface area contributed by atoms with Gasteiger partial charge in [0.2, 0.25) is 0 Å². The molecule has 2 aliphatic rings. The van der Waals surface area contributed by atoms with Crippen LogP contribution in [0.25, 0.3) is 0 Å². The summed E-state index contributed by atoms with van der Waals surface area (Å²) in [6.07, 6.45) is 4.10. The second-order valence-electron chi connectivity index (χ2n) is 6.71. The first-order valence-electron chi connectivity index (χ1n) is 7.97. The van der Waals surface area contributed by atoms with Gasteiger partial charge in [0.1, 0.15) is 5.60 Å². The van der Waals surface area contributed by atoms with Crippen LogP contribution >= 0.6 is 0 Å². The first kappa shape index (κ1) is 15.9. The molecule has 0 saturated carbocycles. The zero-order valence-corrected chi connectivity index (χ0v) is 13.4. The Hall–Kier alpha value is -1.46. The molecule has 0 bridgehead atoms. The molecule has 1 amide bonds. The topological polar surface area (TPSA) is 66.0 Å². The van der Waals surface area contributed by atoms with E-state index in [1.807, 2.05) is 25.7 Å². The molecule has 0 aliphatic carbocycles. The van der Waals surface area contributed by atoms with Gasteiger partial charge >= 0.3 is 6.09 Å². The van der Waals surface area contributed by atoms with E-state index in [-0.39, 0.29) is 12.1 Å². The van der Waals surface area contributed by atoms with Crippen LogP contribution in [0, 0.1) is 0 Å². The van der Waals surface area contributed by atoms with Gasteiger partial charge in [-0.3, -0.25) is 4.99 Å². The fourth-order valence-electron chi connectivity index (χ4n) is 2.64. The molecule has 2 rings (SSSR count). The second-order valence-corrected chi connectivity index (χ2v) is 6.71. The van der Waals surface area contributed by atoms with Crippen LogP contribution in [0.1, 0.15) is 46.5 Å². The van der Waals surface area contributed by atoms with E-state index >= 15 is 0 Å². The van der Waals surface area contributed by atoms with Crippen molar-refractivity contribution in [3.05, 3.63) is 0 Å². The van der Waals surface area contributed by atoms with Crippen molar-refractivity contribution in [2.75, 3.05) is 26.2 Å². The molecular weight excluding hydrogens is 268 g/mol. The number of ether oxygens (including phenoxy) is 1. The highest BCUT2D eigenvalue weighted by atomic mass is 16.6. The Bertz CT molecular complexity index is 390. The van der Waals surface area contributed by atoms with Crippen molar-refractivity contribution >= 4 is 12.1 Å². The molecule has 0 spiro atoms. The van der Waals surface area contributed by atoms with Gasteiger partial charge in [-0.05, 0) is 46.5 Å². The van der Waals surface area contributed by atoms with Crippen LogP contribution < -0.4 is 10.6 Å². The average Bonchev–Trinajstić information content (AvgIpc) is 2.45. The van der Waals surface area contributed by atoms with E-state index in [1.165, 1.54) is 0 Å². The molecule has 2 aliphatic heterocycles. The number of hydrogen-bond acceptors (Lipinski definition) is 5. The molecule has 1 saturated heterocycles. The van der Waals surface area contributed by atoms with E-state index in [4.69, 9.17) is 4.74 Å². The van der Waals surface area contributed by atoms with Crippen molar-refractivity contribution in [3.63, 3.8) is 0 Å². The molecule has 6 heteroatoms. The smallest absolute Gasteiger partial charge is 0.410 e. The number of piperidine rings is 1. The quantitative estimate of drug-likeness (QED) is 0.814. The summed E-state index contributed by atoms with van der Waals surface area (Å²) < 4.78 is 5.51. The third-order valence-electron chi connectivity index (χ3n) is 3.66. The normalized spacial score (nSPS) is 23.1. The van der Waals surface area contributed by atoms with Gasteiger partial charge in [0.15, 0.2) is 5.96 Å². The third-order valence-corrected chi connectivity index (χ3v) is 3.66. The van der Waals surface area contributed by atoms with Crippen LogP contribution in [-0.4, -0.2) is 54.8 Å². The van der Waals surface area contributed by atoms with E-state index in [2.05, 4.69) is 15.6 Å². The lowest BCUT2D eigenvalue weighted by atomic mass is 10.0. The van der Waals surface area contributed by atoms with Crippen molar-refractivity contribution in [1.29, 1.82) is 0 Å². The highest BCUT2D eigenvalue weighted by Crippen LogP contribution is 2.20. The fourth-order valence-corrected chi connectivity index (χ4v) is 2.64. The van der Waals surface area contributed by atoms with Crippen LogP contribution in [0.4, 0.5) is 4.79 Å². The monoisotopic (exact) mass is 296 g/mol. The summed E-state index contributed by atoms with van der Waals surface area (Å²) in [7, 11) is 0. The summed E-state index contributed by atoms with van der Waals surface area (Å²) in [4.78, 5) is 18.6. The largest absolute Gasteiger partial charge is 0.444 e. The van der Waals surface area contributed by atoms with Crippen molar-refractivity contribution in [1.82, 2.24) is 15.5 Å². The molecule has 0 aromatic heterocycles. The van der Waals surface area contributed by atoms with Crippen molar-refractivity contribution in [2.24, 2.45) is 4.99 Å². The molecule has 21 heavy (non-hydrogen) atoms. The zero-order chi connectivity index (χ0) is 15.3. The molecule has 0 aromatic rings. The third kappa shape index (κ3) is 5.10. The molecule has 1 unspecified atom stereocenters. The number of likely N-dealkylation sites (tertiary alicyclic amines) is 1. The number of nitrogens with zero attached hydrogens (tertiary/aromatic N) is 2. The van der Waals surface area contributed by atoms with Crippen LogP contribution in [0.15, 0.2) is 4.99 Å². The Labute approximate surface area is 127 Å². The highest BCUT2D eigenvalue weighted by Gasteiger charge is 2.30. The van der Waals surface area contributed by atoms with Gasteiger partial charge in [-0.25, -0.2) is 4.79 Å². The summed E-state index contributed by atoms with van der Waals surface area (Å²) in [5.74, 6) is 0.857. The Kier molecular flexibility index (Phi) is 5.31. The Morgan fingerprint density at radius 1 is 1.43 bits per heavy atom. The highest BCUT2D eigenvalue weighted by molar-refractivity contribution is 5.80. The number of carbonyl (C=O) groups excluding carboxylic acids is 1. The summed E-state index contributed by atoms with van der Waals surface area (Å²) in [6, 6.07) is 0.181. The minimum atomic E-state index is -0.443. The zero-order valence-electron chi connectivity index (χ0n) is 13.4. The molecule has 120 valence electrons. The molecule has 2 heterocycles. The van der Waals surface area contributed by atoms with Gasteiger partial charge in [0.25, 0.3) is 0 Å². The van der Waals surface area contributed by atoms with Crippen LogP contribution in [0.3, 0.4) is 0 Å². The van der Waals surface area contributed by atoms with E-state index in [0.717, 1.165) is 57.8 Å². The molecule has 6 nitrogen and oxygen atoms in total. The maximum Gasteiger partial charge on any atom is 0.410 e. The predicted octanol–water partition coefficient (Wildman–Crippen LogP) is 1.71. The van der Waals surface area contributed by atoms with Gasteiger partial charge in [0.05, 0.1) is 6.04 Å². The Morgan fingerprint density at radius 3 is 2.90 bits per heavy atom. The number of nitrogens with one attached hydrogen (secondary N) is 2. The number of aliphatic imine (C=N–C) groups is 1. The van der Waals surface area contributed by atoms with Crippen molar-refractivity contribution in [2.45, 2.75) is 58.1 Å². The second kappa shape index (κ2) is 7.00. The summed E-state index contributed by atoms with van der Waals surface area (Å²) in [5, 5.41) is 6.57. The van der Waals surface area contributed by atoms with Gasteiger partial charge in [-0.2, -0.15) is 0 Å². The molecule has 1 atom stereocenters. The lowest BCUT2D eigenvalue weighted by Gasteiger charge is -2.37. The molecule has 0 aromatic carbocycles. The number of carbonyl (C=O) groups is 1. The molecule has 0 radical (unpaired) electrons. The van der Waals surface area contributed by atoms with Gasteiger partial charge in [0, 0.05) is 26.2 Å². The molecule has 2 N–H and O–H groups in total. The molecule has 1 fully saturated rings. The lowest BCUT2D eigenvalue weighted by Crippen LogP contribution is -2.52. The van der Waals surface area contributed by atoms with Crippen LogP contribution in [0.2, 0.25) is 0 Å². The Morgan fingerprint density at radius 2 is 2.24 bits per heavy atom. The summed E-state index contributed by atoms with van der Waals surface area (Å²) in [6.45, 7) is 9.06. The van der Waals surface area contributed by atoms with E-state index in [9.17, 15) is 4.79 Å². The first-order valence-corrected chi connectivity index (χ1v) is 7.97. The standard InChI is InChI=1S/C15H28N4O2/c1-15(2,3)21-14(20)19-10-5-4-7-12(19)11-18-13-16-8-6-9-17-13/h12H,4-11H2,1-3H3,(H2,16,17,18).